The molecule has 2 atom stereocenters. The summed E-state index contributed by atoms with van der Waals surface area (Å²) in [5, 5.41) is 14.2. The third kappa shape index (κ3) is 9.53. The van der Waals surface area contributed by atoms with Crippen molar-refractivity contribution in [3.63, 3.8) is 0 Å². The minimum Gasteiger partial charge on any atom is -0.475 e. The summed E-state index contributed by atoms with van der Waals surface area (Å²) < 4.78 is 71.7. The van der Waals surface area contributed by atoms with Gasteiger partial charge in [0.2, 0.25) is 0 Å². The van der Waals surface area contributed by atoms with E-state index in [2.05, 4.69) is 21.8 Å². The Labute approximate surface area is 242 Å². The van der Waals surface area contributed by atoms with E-state index in [0.29, 0.717) is 18.2 Å². The second-order valence-electron chi connectivity index (χ2n) is 10.7. The zero-order valence-electron chi connectivity index (χ0n) is 23.3. The fraction of sp³-hybridized carbons (Fsp3) is 0.615. The van der Waals surface area contributed by atoms with Crippen molar-refractivity contribution in [2.45, 2.75) is 37.2 Å². The van der Waals surface area contributed by atoms with Crippen LogP contribution in [-0.4, -0.2) is 130 Å². The van der Waals surface area contributed by atoms with Crippen molar-refractivity contribution in [3.05, 3.63) is 36.3 Å². The third-order valence-corrected chi connectivity index (χ3v) is 7.35. The summed E-state index contributed by atoms with van der Waals surface area (Å²) >= 11 is 0. The number of carbonyl (C=O) groups is 3. The second kappa shape index (κ2) is 13.9. The molecule has 0 saturated carbocycles. The number of hydrogen-bond donors (Lipinski definition) is 2. The van der Waals surface area contributed by atoms with Gasteiger partial charge in [0, 0.05) is 45.5 Å². The Morgan fingerprint density at radius 2 is 1.60 bits per heavy atom. The van der Waals surface area contributed by atoms with Gasteiger partial charge in [0.25, 0.3) is 5.91 Å². The van der Waals surface area contributed by atoms with E-state index >= 15 is 0 Å². The molecule has 3 aliphatic heterocycles. The number of alkyl halides is 6. The predicted molar refractivity (Wildman–Crippen MR) is 138 cm³/mol. The fourth-order valence-electron chi connectivity index (χ4n) is 5.26. The molecule has 1 amide bonds. The number of likely N-dealkylation sites (tertiary alicyclic amines) is 1. The molecule has 2 aromatic heterocycles. The Bertz CT molecular complexity index is 1240. The lowest BCUT2D eigenvalue weighted by atomic mass is 9.86. The Morgan fingerprint density at radius 1 is 1.00 bits per heavy atom. The smallest absolute Gasteiger partial charge is 0.475 e. The molecule has 0 bridgehead atoms. The van der Waals surface area contributed by atoms with E-state index in [1.165, 1.54) is 0 Å². The normalized spacial score (nSPS) is 23.3. The lowest BCUT2D eigenvalue weighted by Crippen LogP contribution is -2.50. The summed E-state index contributed by atoms with van der Waals surface area (Å²) in [7, 11) is 2.20. The number of nitrogens with zero attached hydrogens (tertiary/aromatic N) is 5. The summed E-state index contributed by atoms with van der Waals surface area (Å²) in [5.74, 6) is -4.88. The SMILES string of the molecule is CN1CCN(CC2COC3(CCCN(C(=O)c4cnc5ccccn45)C3)C2)CC1.O=C(O)C(F)(F)F.O=C(O)C(F)(F)F. The number of rotatable bonds is 3. The van der Waals surface area contributed by atoms with Crippen LogP contribution >= 0.6 is 0 Å². The van der Waals surface area contributed by atoms with Crippen molar-refractivity contribution in [1.29, 1.82) is 0 Å². The molecule has 5 rings (SSSR count). The number of halogens is 6. The second-order valence-corrected chi connectivity index (χ2v) is 10.7. The first-order valence-corrected chi connectivity index (χ1v) is 13.4. The van der Waals surface area contributed by atoms with Gasteiger partial charge in [-0.2, -0.15) is 26.3 Å². The van der Waals surface area contributed by atoms with Crippen molar-refractivity contribution in [2.75, 3.05) is 59.5 Å². The third-order valence-electron chi connectivity index (χ3n) is 7.35. The molecule has 3 fully saturated rings. The molecule has 11 nitrogen and oxygen atoms in total. The highest BCUT2D eigenvalue weighted by Gasteiger charge is 2.45. The number of imidazole rings is 1. The van der Waals surface area contributed by atoms with Gasteiger partial charge >= 0.3 is 24.3 Å². The molecule has 43 heavy (non-hydrogen) atoms. The largest absolute Gasteiger partial charge is 0.490 e. The van der Waals surface area contributed by atoms with Gasteiger partial charge in [-0.3, -0.25) is 9.20 Å². The monoisotopic (exact) mass is 625 g/mol. The van der Waals surface area contributed by atoms with Crippen molar-refractivity contribution < 1.29 is 55.7 Å². The molecule has 3 aliphatic rings. The number of fused-ring (bicyclic) bond motifs is 1. The highest BCUT2D eigenvalue weighted by Crippen LogP contribution is 2.38. The first-order valence-electron chi connectivity index (χ1n) is 13.4. The summed E-state index contributed by atoms with van der Waals surface area (Å²) in [6.45, 7) is 8.05. The van der Waals surface area contributed by atoms with Gasteiger partial charge in [-0.1, -0.05) is 6.07 Å². The Morgan fingerprint density at radius 3 is 2.19 bits per heavy atom. The van der Waals surface area contributed by atoms with Crippen LogP contribution in [0.1, 0.15) is 29.8 Å². The number of carboxylic acid groups (broad SMARTS) is 2. The maximum atomic E-state index is 13.2. The Balaban J connectivity index is 0.000000303. The molecule has 0 aliphatic carbocycles. The maximum absolute atomic E-state index is 13.2. The average Bonchev–Trinajstić information content (AvgIpc) is 3.53. The van der Waals surface area contributed by atoms with Crippen LogP contribution in [0.4, 0.5) is 26.3 Å². The molecular weight excluding hydrogens is 592 g/mol. The molecule has 1 spiro atoms. The molecule has 3 saturated heterocycles. The topological polar surface area (TPSA) is 128 Å². The van der Waals surface area contributed by atoms with Crippen LogP contribution in [0.25, 0.3) is 5.65 Å². The highest BCUT2D eigenvalue weighted by molar-refractivity contribution is 5.93. The molecule has 2 unspecified atom stereocenters. The van der Waals surface area contributed by atoms with Gasteiger partial charge in [-0.25, -0.2) is 14.6 Å². The lowest BCUT2D eigenvalue weighted by Gasteiger charge is -2.40. The number of pyridine rings is 1. The van der Waals surface area contributed by atoms with E-state index in [1.54, 1.807) is 6.20 Å². The number of aromatic nitrogens is 2. The minimum atomic E-state index is -5.08. The van der Waals surface area contributed by atoms with Gasteiger partial charge in [0.1, 0.15) is 11.3 Å². The van der Waals surface area contributed by atoms with Gasteiger partial charge in [-0.05, 0) is 44.4 Å². The van der Waals surface area contributed by atoms with E-state index in [-0.39, 0.29) is 11.5 Å². The molecule has 17 heteroatoms. The van der Waals surface area contributed by atoms with Crippen LogP contribution < -0.4 is 0 Å². The number of likely N-dealkylation sites (N-methyl/N-ethyl adjacent to an activating group) is 1. The summed E-state index contributed by atoms with van der Waals surface area (Å²) in [5.41, 5.74) is 1.29. The van der Waals surface area contributed by atoms with E-state index in [1.807, 2.05) is 33.7 Å². The standard InChI is InChI=1S/C22H31N5O2.2C2HF3O2/c1-24-9-11-25(12-10-24)15-18-13-22(29-16-18)6-4-7-26(17-22)21(28)19-14-23-20-5-2-3-8-27(19)20;2*3-2(4,5)1(6)7/h2-3,5,8,14,18H,4,6-7,9-13,15-17H2,1H3;2*(H,6,7). The van der Waals surface area contributed by atoms with E-state index in [4.69, 9.17) is 24.5 Å². The van der Waals surface area contributed by atoms with E-state index < -0.39 is 24.3 Å². The number of piperidine rings is 1. The van der Waals surface area contributed by atoms with Gasteiger partial charge < -0.3 is 29.6 Å². The number of aliphatic carboxylic acids is 2. The van der Waals surface area contributed by atoms with Crippen LogP contribution in [0, 0.1) is 5.92 Å². The number of piperazine rings is 1. The average molecular weight is 626 g/mol. The van der Waals surface area contributed by atoms with Crippen LogP contribution in [0.15, 0.2) is 30.6 Å². The van der Waals surface area contributed by atoms with Crippen molar-refractivity contribution in [1.82, 2.24) is 24.1 Å². The zero-order valence-corrected chi connectivity index (χ0v) is 23.3. The number of carboxylic acids is 2. The quantitative estimate of drug-likeness (QED) is 0.495. The molecule has 240 valence electrons. The maximum Gasteiger partial charge on any atom is 0.490 e. The van der Waals surface area contributed by atoms with E-state index in [0.717, 1.165) is 70.8 Å². The molecule has 2 aromatic rings. The first kappa shape index (κ1) is 34.1. The molecule has 0 radical (unpaired) electrons. The van der Waals surface area contributed by atoms with E-state index in [9.17, 15) is 31.1 Å². The van der Waals surface area contributed by atoms with Gasteiger partial charge in [0.05, 0.1) is 24.9 Å². The summed E-state index contributed by atoms with van der Waals surface area (Å²) in [6.07, 6.45) is -3.43. The van der Waals surface area contributed by atoms with Crippen molar-refractivity contribution in [2.24, 2.45) is 5.92 Å². The van der Waals surface area contributed by atoms with Crippen LogP contribution in [-0.2, 0) is 14.3 Å². The Hall–Kier alpha value is -3.44. The number of amides is 1. The molecule has 2 N–H and O–H groups in total. The summed E-state index contributed by atoms with van der Waals surface area (Å²) in [6, 6.07) is 5.81. The molecule has 5 heterocycles. The van der Waals surface area contributed by atoms with Crippen molar-refractivity contribution >= 4 is 23.5 Å². The van der Waals surface area contributed by atoms with Crippen LogP contribution in [0.2, 0.25) is 0 Å². The summed E-state index contributed by atoms with van der Waals surface area (Å²) in [4.78, 5) is 42.4. The molecule has 0 aromatic carbocycles. The van der Waals surface area contributed by atoms with Crippen molar-refractivity contribution in [3.8, 4) is 0 Å². The number of carbonyl (C=O) groups excluding carboxylic acids is 1. The number of hydrogen-bond acceptors (Lipinski definition) is 7. The highest BCUT2D eigenvalue weighted by atomic mass is 19.4. The predicted octanol–water partition coefficient (Wildman–Crippen LogP) is 2.86. The molecular formula is C26H33F6N5O6. The van der Waals surface area contributed by atoms with Crippen LogP contribution in [0.5, 0.6) is 0 Å². The number of ether oxygens (including phenoxy) is 1. The first-order chi connectivity index (χ1) is 20.0. The zero-order chi connectivity index (χ0) is 32.0. The Kier molecular flexibility index (Phi) is 11.0. The lowest BCUT2D eigenvalue weighted by molar-refractivity contribution is -0.193. The minimum absolute atomic E-state index is 0.0638. The van der Waals surface area contributed by atoms with Gasteiger partial charge in [-0.15, -0.1) is 0 Å². The van der Waals surface area contributed by atoms with Gasteiger partial charge in [0.15, 0.2) is 0 Å². The van der Waals surface area contributed by atoms with Crippen LogP contribution in [0.3, 0.4) is 0 Å². The fourth-order valence-corrected chi connectivity index (χ4v) is 5.26.